The third-order valence-electron chi connectivity index (χ3n) is 4.06. The van der Waals surface area contributed by atoms with Gasteiger partial charge in [-0.25, -0.2) is 4.98 Å². The molecule has 3 rings (SSSR count). The molecular weight excluding hydrogens is 316 g/mol. The summed E-state index contributed by atoms with van der Waals surface area (Å²) < 4.78 is 1.10. The van der Waals surface area contributed by atoms with E-state index < -0.39 is 0 Å². The number of rotatable bonds is 5. The molecule has 0 N–H and O–H groups in total. The average Bonchev–Trinajstić information content (AvgIpc) is 2.98. The first-order valence-electron chi connectivity index (χ1n) is 8.36. The number of thiazole rings is 1. The molecule has 3 aromatic rings. The molecule has 3 nitrogen and oxygen atoms in total. The first-order chi connectivity index (χ1) is 11.6. The number of benzene rings is 2. The highest BCUT2D eigenvalue weighted by Gasteiger charge is 2.22. The Labute approximate surface area is 147 Å². The molecule has 0 spiro atoms. The summed E-state index contributed by atoms with van der Waals surface area (Å²) in [6.45, 7) is 6.22. The summed E-state index contributed by atoms with van der Waals surface area (Å²) in [5.74, 6) is 0.114. The Morgan fingerprint density at radius 1 is 1.17 bits per heavy atom. The van der Waals surface area contributed by atoms with Gasteiger partial charge in [0.15, 0.2) is 5.13 Å². The number of aromatic nitrogens is 1. The van der Waals surface area contributed by atoms with Crippen molar-refractivity contribution < 1.29 is 4.79 Å². The zero-order chi connectivity index (χ0) is 17.1. The zero-order valence-corrected chi connectivity index (χ0v) is 15.2. The normalized spacial score (nSPS) is 11.0. The highest BCUT2D eigenvalue weighted by Crippen LogP contribution is 2.35. The maximum absolute atomic E-state index is 12.9. The lowest BCUT2D eigenvalue weighted by molar-refractivity contribution is -0.118. The fourth-order valence-corrected chi connectivity index (χ4v) is 3.79. The molecule has 0 atom stereocenters. The highest BCUT2D eigenvalue weighted by molar-refractivity contribution is 7.22. The molecule has 0 fully saturated rings. The summed E-state index contributed by atoms with van der Waals surface area (Å²) >= 11 is 1.57. The molecule has 4 heteroatoms. The summed E-state index contributed by atoms with van der Waals surface area (Å²) in [6.07, 6.45) is 2.44. The minimum Gasteiger partial charge on any atom is -0.274 e. The number of fused-ring (bicyclic) bond motifs is 1. The van der Waals surface area contributed by atoms with E-state index in [1.165, 1.54) is 5.56 Å². The first kappa shape index (κ1) is 16.7. The Morgan fingerprint density at radius 3 is 2.67 bits per heavy atom. The largest absolute Gasteiger partial charge is 0.274 e. The van der Waals surface area contributed by atoms with E-state index in [9.17, 15) is 4.79 Å². The van der Waals surface area contributed by atoms with Crippen molar-refractivity contribution in [3.8, 4) is 0 Å². The molecule has 1 amide bonds. The van der Waals surface area contributed by atoms with Crippen molar-refractivity contribution in [1.82, 2.24) is 4.98 Å². The fourth-order valence-electron chi connectivity index (χ4n) is 2.80. The Balaban J connectivity index is 2.08. The summed E-state index contributed by atoms with van der Waals surface area (Å²) in [4.78, 5) is 19.4. The summed E-state index contributed by atoms with van der Waals surface area (Å²) in [5.41, 5.74) is 4.16. The van der Waals surface area contributed by atoms with E-state index in [0.29, 0.717) is 6.42 Å². The van der Waals surface area contributed by atoms with Crippen LogP contribution in [0, 0.1) is 13.8 Å². The van der Waals surface area contributed by atoms with Crippen LogP contribution in [0.5, 0.6) is 0 Å². The maximum atomic E-state index is 12.9. The van der Waals surface area contributed by atoms with E-state index in [-0.39, 0.29) is 5.91 Å². The van der Waals surface area contributed by atoms with Gasteiger partial charge in [0.05, 0.1) is 15.9 Å². The van der Waals surface area contributed by atoms with E-state index in [4.69, 9.17) is 4.98 Å². The SMILES string of the molecule is CCCCC(=O)N(c1nc2ccccc2s1)c1ccc(C)cc1C. The molecule has 0 aliphatic heterocycles. The fraction of sp³-hybridized carbons (Fsp3) is 0.300. The lowest BCUT2D eigenvalue weighted by Crippen LogP contribution is -2.26. The van der Waals surface area contributed by atoms with Crippen LogP contribution in [0.1, 0.15) is 37.3 Å². The number of nitrogens with zero attached hydrogens (tertiary/aromatic N) is 2. The molecule has 0 unspecified atom stereocenters. The van der Waals surface area contributed by atoms with E-state index in [0.717, 1.165) is 39.4 Å². The van der Waals surface area contributed by atoms with Crippen LogP contribution < -0.4 is 4.90 Å². The van der Waals surface area contributed by atoms with Crippen molar-refractivity contribution in [3.63, 3.8) is 0 Å². The van der Waals surface area contributed by atoms with Gasteiger partial charge in [-0.05, 0) is 44.0 Å². The maximum Gasteiger partial charge on any atom is 0.233 e. The number of amides is 1. The Kier molecular flexibility index (Phi) is 4.95. The van der Waals surface area contributed by atoms with Crippen molar-refractivity contribution in [2.45, 2.75) is 40.0 Å². The van der Waals surface area contributed by atoms with Crippen LogP contribution in [0.15, 0.2) is 42.5 Å². The van der Waals surface area contributed by atoms with Crippen molar-refractivity contribution in [3.05, 3.63) is 53.6 Å². The second-order valence-corrected chi connectivity index (χ2v) is 7.10. The molecule has 0 bridgehead atoms. The molecule has 0 aliphatic rings. The molecule has 124 valence electrons. The van der Waals surface area contributed by atoms with E-state index >= 15 is 0 Å². The third-order valence-corrected chi connectivity index (χ3v) is 5.08. The first-order valence-corrected chi connectivity index (χ1v) is 9.17. The molecule has 2 aromatic carbocycles. The van der Waals surface area contributed by atoms with E-state index in [2.05, 4.69) is 32.9 Å². The van der Waals surface area contributed by atoms with Crippen LogP contribution in [0.2, 0.25) is 0 Å². The van der Waals surface area contributed by atoms with Crippen LogP contribution in [-0.4, -0.2) is 10.9 Å². The predicted octanol–water partition coefficient (Wildman–Crippen LogP) is 5.77. The van der Waals surface area contributed by atoms with Gasteiger partial charge in [-0.2, -0.15) is 0 Å². The van der Waals surface area contributed by atoms with Crippen molar-refractivity contribution >= 4 is 38.3 Å². The number of anilines is 2. The Morgan fingerprint density at radius 2 is 1.96 bits per heavy atom. The van der Waals surface area contributed by atoms with Crippen LogP contribution in [0.4, 0.5) is 10.8 Å². The van der Waals surface area contributed by atoms with Crippen LogP contribution in [0.3, 0.4) is 0 Å². The van der Waals surface area contributed by atoms with Gasteiger partial charge in [0, 0.05) is 6.42 Å². The quantitative estimate of drug-likeness (QED) is 0.592. The predicted molar refractivity (Wildman–Crippen MR) is 102 cm³/mol. The number of hydrogen-bond donors (Lipinski definition) is 0. The van der Waals surface area contributed by atoms with Gasteiger partial charge in [0.25, 0.3) is 0 Å². The topological polar surface area (TPSA) is 33.2 Å². The zero-order valence-electron chi connectivity index (χ0n) is 14.4. The van der Waals surface area contributed by atoms with Crippen LogP contribution in [-0.2, 0) is 4.79 Å². The van der Waals surface area contributed by atoms with Crippen molar-refractivity contribution in [2.75, 3.05) is 4.90 Å². The lowest BCUT2D eigenvalue weighted by Gasteiger charge is -2.22. The molecule has 0 aliphatic carbocycles. The van der Waals surface area contributed by atoms with Crippen LogP contribution in [0.25, 0.3) is 10.2 Å². The molecule has 0 saturated carbocycles. The second-order valence-electron chi connectivity index (χ2n) is 6.09. The van der Waals surface area contributed by atoms with Gasteiger partial charge in [0.2, 0.25) is 5.91 Å². The number of carbonyl (C=O) groups is 1. The minimum absolute atomic E-state index is 0.114. The summed E-state index contributed by atoms with van der Waals surface area (Å²) in [7, 11) is 0. The monoisotopic (exact) mass is 338 g/mol. The molecule has 1 aromatic heterocycles. The molecule has 0 radical (unpaired) electrons. The van der Waals surface area contributed by atoms with E-state index in [1.807, 2.05) is 30.3 Å². The van der Waals surface area contributed by atoms with Gasteiger partial charge in [0.1, 0.15) is 0 Å². The van der Waals surface area contributed by atoms with Crippen LogP contribution >= 0.6 is 11.3 Å². The van der Waals surface area contributed by atoms with Gasteiger partial charge in [-0.1, -0.05) is 54.5 Å². The number of hydrogen-bond acceptors (Lipinski definition) is 3. The molecular formula is C20H22N2OS. The van der Waals surface area contributed by atoms with Gasteiger partial charge in [-0.15, -0.1) is 0 Å². The van der Waals surface area contributed by atoms with Gasteiger partial charge in [-0.3, -0.25) is 9.69 Å². The number of aryl methyl sites for hydroxylation is 2. The smallest absolute Gasteiger partial charge is 0.233 e. The Hall–Kier alpha value is -2.20. The standard InChI is InChI=1S/C20H22N2OS/c1-4-5-10-19(23)22(17-12-11-14(2)13-15(17)3)20-21-16-8-6-7-9-18(16)24-20/h6-9,11-13H,4-5,10H2,1-3H3. The van der Waals surface area contributed by atoms with Gasteiger partial charge >= 0.3 is 0 Å². The number of para-hydroxylation sites is 1. The molecule has 1 heterocycles. The Bertz CT molecular complexity index is 836. The molecule has 24 heavy (non-hydrogen) atoms. The lowest BCUT2D eigenvalue weighted by atomic mass is 10.1. The summed E-state index contributed by atoms with van der Waals surface area (Å²) in [5, 5.41) is 0.754. The van der Waals surface area contributed by atoms with Gasteiger partial charge < -0.3 is 0 Å². The average molecular weight is 338 g/mol. The van der Waals surface area contributed by atoms with Crippen molar-refractivity contribution in [2.24, 2.45) is 0 Å². The third kappa shape index (κ3) is 3.34. The highest BCUT2D eigenvalue weighted by atomic mass is 32.1. The molecule has 0 saturated heterocycles. The number of carbonyl (C=O) groups excluding carboxylic acids is 1. The van der Waals surface area contributed by atoms with Crippen molar-refractivity contribution in [1.29, 1.82) is 0 Å². The van der Waals surface area contributed by atoms with E-state index in [1.54, 1.807) is 16.2 Å². The number of unbranched alkanes of at least 4 members (excludes halogenated alkanes) is 1. The minimum atomic E-state index is 0.114. The summed E-state index contributed by atoms with van der Waals surface area (Å²) in [6, 6.07) is 14.2. The second kappa shape index (κ2) is 7.14.